The van der Waals surface area contributed by atoms with Crippen molar-refractivity contribution in [3.8, 4) is 11.3 Å². The van der Waals surface area contributed by atoms with Gasteiger partial charge in [-0.05, 0) is 12.1 Å². The van der Waals surface area contributed by atoms with Gasteiger partial charge < -0.3 is 15.1 Å². The average molecular weight is 403 g/mol. The maximum absolute atomic E-state index is 12.0. The van der Waals surface area contributed by atoms with Gasteiger partial charge in [0.2, 0.25) is 10.1 Å². The number of rotatable bonds is 2. The largest absolute Gasteiger partial charge is 0.346 e. The minimum atomic E-state index is -0.512. The van der Waals surface area contributed by atoms with Crippen molar-refractivity contribution in [2.45, 2.75) is 6.04 Å². The third-order valence-corrected chi connectivity index (χ3v) is 6.11. The van der Waals surface area contributed by atoms with E-state index in [2.05, 4.69) is 20.3 Å². The Morgan fingerprint density at radius 1 is 1.19 bits per heavy atom. The van der Waals surface area contributed by atoms with Crippen LogP contribution in [-0.4, -0.2) is 63.5 Å². The van der Waals surface area contributed by atoms with E-state index in [4.69, 9.17) is 11.6 Å². The van der Waals surface area contributed by atoms with E-state index in [0.29, 0.717) is 31.2 Å². The van der Waals surface area contributed by atoms with Crippen LogP contribution in [0.1, 0.15) is 0 Å². The number of hydrogen-bond donors (Lipinski definition) is 1. The Labute approximate surface area is 163 Å². The monoisotopic (exact) mass is 402 g/mol. The summed E-state index contributed by atoms with van der Waals surface area (Å²) in [6.45, 7) is 2.29. The van der Waals surface area contributed by atoms with Crippen LogP contribution in [0.25, 0.3) is 16.2 Å². The number of carbonyl (C=O) groups is 2. The van der Waals surface area contributed by atoms with Gasteiger partial charge in [-0.25, -0.2) is 9.50 Å². The van der Waals surface area contributed by atoms with Crippen molar-refractivity contribution < 1.29 is 9.59 Å². The van der Waals surface area contributed by atoms with Crippen molar-refractivity contribution in [2.24, 2.45) is 0 Å². The number of fused-ring (bicyclic) bond motifs is 2. The number of hydrogen-bond acceptors (Lipinski definition) is 6. The molecule has 2 amide bonds. The number of anilines is 1. The van der Waals surface area contributed by atoms with Crippen LogP contribution >= 0.6 is 22.9 Å². The fraction of sp³-hybridized carbons (Fsp3) is 0.294. The quantitative estimate of drug-likeness (QED) is 0.652. The number of imidazole rings is 1. The molecule has 5 rings (SSSR count). The fourth-order valence-electron chi connectivity index (χ4n) is 3.46. The zero-order chi connectivity index (χ0) is 18.5. The molecule has 0 bridgehead atoms. The molecule has 0 radical (unpaired) electrons. The van der Waals surface area contributed by atoms with Crippen LogP contribution in [0.15, 0.2) is 30.5 Å². The molecule has 4 heterocycles. The molecule has 1 N–H and O–H groups in total. The maximum atomic E-state index is 12.0. The second-order valence-electron chi connectivity index (χ2n) is 6.55. The first-order chi connectivity index (χ1) is 13.1. The van der Waals surface area contributed by atoms with Crippen LogP contribution < -0.4 is 10.2 Å². The normalized spacial score (nSPS) is 20.1. The summed E-state index contributed by atoms with van der Waals surface area (Å²) in [6.07, 6.45) is 1.90. The van der Waals surface area contributed by atoms with E-state index in [1.165, 1.54) is 11.3 Å². The number of benzene rings is 1. The lowest BCUT2D eigenvalue weighted by Crippen LogP contribution is -2.65. The topological polar surface area (TPSA) is 82.8 Å². The molecule has 27 heavy (non-hydrogen) atoms. The molecule has 2 fully saturated rings. The van der Waals surface area contributed by atoms with E-state index < -0.39 is 11.8 Å². The zero-order valence-corrected chi connectivity index (χ0v) is 15.7. The summed E-state index contributed by atoms with van der Waals surface area (Å²) in [7, 11) is 0. The molecule has 8 nitrogen and oxygen atoms in total. The summed E-state index contributed by atoms with van der Waals surface area (Å²) in [5.74, 6) is -0.949. The molecule has 0 aliphatic carbocycles. The first kappa shape index (κ1) is 16.5. The highest BCUT2D eigenvalue weighted by Gasteiger charge is 2.38. The van der Waals surface area contributed by atoms with E-state index in [9.17, 15) is 9.59 Å². The van der Waals surface area contributed by atoms with Crippen LogP contribution in [0, 0.1) is 0 Å². The number of amides is 2. The summed E-state index contributed by atoms with van der Waals surface area (Å²) >= 11 is 7.45. The molecule has 3 aromatic rings. The molecule has 0 saturated carbocycles. The molecule has 1 atom stereocenters. The van der Waals surface area contributed by atoms with Gasteiger partial charge >= 0.3 is 11.8 Å². The fourth-order valence-corrected chi connectivity index (χ4v) is 4.51. The van der Waals surface area contributed by atoms with Crippen LogP contribution in [0.2, 0.25) is 5.02 Å². The van der Waals surface area contributed by atoms with Gasteiger partial charge in [-0.2, -0.15) is 0 Å². The number of carbonyl (C=O) groups excluding carboxylic acids is 2. The minimum Gasteiger partial charge on any atom is -0.346 e. The lowest BCUT2D eigenvalue weighted by molar-refractivity contribution is -0.150. The van der Waals surface area contributed by atoms with Crippen molar-refractivity contribution in [3.05, 3.63) is 35.5 Å². The Morgan fingerprint density at radius 2 is 2.00 bits per heavy atom. The number of nitrogens with one attached hydrogen (secondary N) is 1. The van der Waals surface area contributed by atoms with Gasteiger partial charge in [-0.15, -0.1) is 5.10 Å². The van der Waals surface area contributed by atoms with E-state index in [0.717, 1.165) is 21.3 Å². The van der Waals surface area contributed by atoms with Crippen molar-refractivity contribution in [2.75, 3.05) is 31.1 Å². The van der Waals surface area contributed by atoms with Crippen LogP contribution in [0.3, 0.4) is 0 Å². The Morgan fingerprint density at radius 3 is 2.78 bits per heavy atom. The van der Waals surface area contributed by atoms with Crippen molar-refractivity contribution in [1.82, 2.24) is 24.8 Å². The van der Waals surface area contributed by atoms with Crippen LogP contribution in [0.4, 0.5) is 5.13 Å². The van der Waals surface area contributed by atoms with E-state index in [-0.39, 0.29) is 6.04 Å². The molecule has 2 aliphatic rings. The molecule has 1 unspecified atom stereocenters. The number of aromatic nitrogens is 3. The predicted octanol–water partition coefficient (Wildman–Crippen LogP) is 1.26. The smallest absolute Gasteiger partial charge is 0.312 e. The van der Waals surface area contributed by atoms with Gasteiger partial charge in [0.25, 0.3) is 0 Å². The van der Waals surface area contributed by atoms with E-state index >= 15 is 0 Å². The highest BCUT2D eigenvalue weighted by atomic mass is 35.5. The highest BCUT2D eigenvalue weighted by Crippen LogP contribution is 2.29. The Bertz CT molecular complexity index is 1010. The second kappa shape index (κ2) is 6.21. The first-order valence-corrected chi connectivity index (χ1v) is 9.74. The minimum absolute atomic E-state index is 0.0233. The molecule has 2 aliphatic heterocycles. The molecular weight excluding hydrogens is 388 g/mol. The van der Waals surface area contributed by atoms with Gasteiger partial charge in [0.05, 0.1) is 17.9 Å². The van der Waals surface area contributed by atoms with Gasteiger partial charge in [-0.1, -0.05) is 35.1 Å². The maximum Gasteiger partial charge on any atom is 0.312 e. The van der Waals surface area contributed by atoms with Crippen molar-refractivity contribution in [3.63, 3.8) is 0 Å². The summed E-state index contributed by atoms with van der Waals surface area (Å²) in [5, 5.41) is 8.86. The lowest BCUT2D eigenvalue weighted by Gasteiger charge is -2.43. The first-order valence-electron chi connectivity index (χ1n) is 8.54. The number of piperazine rings is 2. The average Bonchev–Trinajstić information content (AvgIpc) is 3.24. The van der Waals surface area contributed by atoms with Crippen molar-refractivity contribution >= 4 is 44.8 Å². The van der Waals surface area contributed by atoms with Gasteiger partial charge in [0, 0.05) is 36.8 Å². The third kappa shape index (κ3) is 2.83. The molecule has 1 aromatic carbocycles. The third-order valence-electron chi connectivity index (χ3n) is 4.88. The number of halogens is 1. The predicted molar refractivity (Wildman–Crippen MR) is 102 cm³/mol. The Hall–Kier alpha value is -2.65. The highest BCUT2D eigenvalue weighted by molar-refractivity contribution is 7.20. The molecule has 0 spiro atoms. The Balaban J connectivity index is 1.37. The van der Waals surface area contributed by atoms with Gasteiger partial charge in [-0.3, -0.25) is 9.59 Å². The molecular formula is C17H15ClN6O2S. The lowest BCUT2D eigenvalue weighted by atomic mass is 10.1. The van der Waals surface area contributed by atoms with Crippen LogP contribution in [0.5, 0.6) is 0 Å². The van der Waals surface area contributed by atoms with Crippen LogP contribution in [-0.2, 0) is 9.59 Å². The Kier molecular flexibility index (Phi) is 3.80. The summed E-state index contributed by atoms with van der Waals surface area (Å²) < 4.78 is 1.78. The number of nitrogens with zero attached hydrogens (tertiary/aromatic N) is 5. The van der Waals surface area contributed by atoms with Crippen molar-refractivity contribution in [1.29, 1.82) is 0 Å². The molecule has 2 saturated heterocycles. The van der Waals surface area contributed by atoms with Gasteiger partial charge in [0.1, 0.15) is 0 Å². The SMILES string of the molecule is O=C1NCC2CN(c3nn4cc(-c5ccc(Cl)cc5)nc4s3)CCN2C1=O. The summed E-state index contributed by atoms with van der Waals surface area (Å²) in [4.78, 5) is 32.7. The van der Waals surface area contributed by atoms with Gasteiger partial charge in [0.15, 0.2) is 0 Å². The molecule has 10 heteroatoms. The van der Waals surface area contributed by atoms with E-state index in [1.807, 2.05) is 30.5 Å². The summed E-state index contributed by atoms with van der Waals surface area (Å²) in [5.41, 5.74) is 1.84. The zero-order valence-electron chi connectivity index (χ0n) is 14.1. The standard InChI is InChI=1S/C17H15ClN6O2S/c18-11-3-1-10(2-4-11)13-9-24-16(20-13)27-17(21-24)22-5-6-23-12(8-22)7-19-14(25)15(23)26/h1-4,9,12H,5-8H2,(H,19,25). The molecule has 2 aromatic heterocycles. The second-order valence-corrected chi connectivity index (χ2v) is 7.92. The molecule has 138 valence electrons. The van der Waals surface area contributed by atoms with E-state index in [1.54, 1.807) is 9.42 Å². The summed E-state index contributed by atoms with van der Waals surface area (Å²) in [6, 6.07) is 7.52.